The number of rotatable bonds is 5. The normalized spacial score (nSPS) is 10.9. The third kappa shape index (κ3) is 2.73. The van der Waals surface area contributed by atoms with Crippen molar-refractivity contribution in [3.05, 3.63) is 27.5 Å². The van der Waals surface area contributed by atoms with Crippen molar-refractivity contribution in [2.75, 3.05) is 17.2 Å². The number of nitrogens with one attached hydrogen (secondary N) is 2. The van der Waals surface area contributed by atoms with Crippen LogP contribution in [0.2, 0.25) is 0 Å². The second-order valence-corrected chi connectivity index (χ2v) is 6.23. The van der Waals surface area contributed by atoms with Crippen LogP contribution in [0.25, 0.3) is 10.2 Å². The van der Waals surface area contributed by atoms with E-state index in [1.165, 1.54) is 0 Å². The number of aromatic nitrogens is 3. The van der Waals surface area contributed by atoms with Crippen molar-refractivity contribution in [2.45, 2.75) is 20.4 Å². The lowest BCUT2D eigenvalue weighted by Gasteiger charge is -2.08. The Kier molecular flexibility index (Phi) is 3.79. The van der Waals surface area contributed by atoms with Gasteiger partial charge in [0.1, 0.15) is 10.6 Å². The smallest absolute Gasteiger partial charge is 0.226 e. The second kappa shape index (κ2) is 5.72. The van der Waals surface area contributed by atoms with E-state index in [4.69, 9.17) is 0 Å². The maximum Gasteiger partial charge on any atom is 0.226 e. The highest BCUT2D eigenvalue weighted by Crippen LogP contribution is 2.26. The molecule has 2 N–H and O–H groups in total. The Balaban J connectivity index is 1.87. The molecule has 0 fully saturated rings. The van der Waals surface area contributed by atoms with Crippen LogP contribution < -0.4 is 10.6 Å². The van der Waals surface area contributed by atoms with Crippen molar-refractivity contribution < 1.29 is 0 Å². The van der Waals surface area contributed by atoms with Crippen LogP contribution in [-0.4, -0.2) is 21.5 Å². The summed E-state index contributed by atoms with van der Waals surface area (Å²) < 4.78 is 0. The van der Waals surface area contributed by atoms with Gasteiger partial charge in [-0.3, -0.25) is 0 Å². The summed E-state index contributed by atoms with van der Waals surface area (Å²) in [5.41, 5.74) is 1.04. The van der Waals surface area contributed by atoms with Crippen LogP contribution in [0.3, 0.4) is 0 Å². The Labute approximate surface area is 125 Å². The summed E-state index contributed by atoms with van der Waals surface area (Å²) in [6.07, 6.45) is 0. The molecule has 0 aliphatic heterocycles. The number of fused-ring (bicyclic) bond motifs is 1. The molecule has 0 spiro atoms. The molecule has 0 saturated heterocycles. The molecule has 0 amide bonds. The first-order valence-electron chi connectivity index (χ1n) is 6.40. The summed E-state index contributed by atoms with van der Waals surface area (Å²) in [7, 11) is 0. The fourth-order valence-electron chi connectivity index (χ4n) is 1.89. The van der Waals surface area contributed by atoms with Gasteiger partial charge in [0.05, 0.1) is 22.6 Å². The molecule has 7 heteroatoms. The summed E-state index contributed by atoms with van der Waals surface area (Å²) in [5, 5.41) is 12.8. The Morgan fingerprint density at radius 3 is 2.80 bits per heavy atom. The zero-order chi connectivity index (χ0) is 13.9. The number of nitrogens with zero attached hydrogens (tertiary/aromatic N) is 3. The van der Waals surface area contributed by atoms with Crippen molar-refractivity contribution in [1.82, 2.24) is 15.0 Å². The van der Waals surface area contributed by atoms with Gasteiger partial charge in [0.15, 0.2) is 0 Å². The molecule has 3 rings (SSSR count). The van der Waals surface area contributed by atoms with Gasteiger partial charge in [-0.2, -0.15) is 4.98 Å². The molecule has 104 valence electrons. The van der Waals surface area contributed by atoms with Crippen LogP contribution in [-0.2, 0) is 6.54 Å². The van der Waals surface area contributed by atoms with E-state index in [0.717, 1.165) is 33.3 Å². The van der Waals surface area contributed by atoms with Gasteiger partial charge in [-0.25, -0.2) is 9.97 Å². The molecule has 5 nitrogen and oxygen atoms in total. The van der Waals surface area contributed by atoms with E-state index < -0.39 is 0 Å². The highest BCUT2D eigenvalue weighted by molar-refractivity contribution is 7.16. The minimum Gasteiger partial charge on any atom is -0.364 e. The van der Waals surface area contributed by atoms with Gasteiger partial charge in [0.25, 0.3) is 0 Å². The quantitative estimate of drug-likeness (QED) is 0.755. The first-order chi connectivity index (χ1) is 9.76. The Morgan fingerprint density at radius 2 is 2.05 bits per heavy atom. The molecular weight excluding hydrogens is 290 g/mol. The van der Waals surface area contributed by atoms with Gasteiger partial charge in [-0.1, -0.05) is 0 Å². The third-order valence-corrected chi connectivity index (χ3v) is 4.39. The SMILES string of the molecule is CCNc1nc(NCc2csc(C)n2)c2ccsc2n1. The van der Waals surface area contributed by atoms with Gasteiger partial charge >= 0.3 is 0 Å². The highest BCUT2D eigenvalue weighted by Gasteiger charge is 2.09. The number of thiophene rings is 1. The van der Waals surface area contributed by atoms with Crippen LogP contribution in [0, 0.1) is 6.92 Å². The largest absolute Gasteiger partial charge is 0.364 e. The van der Waals surface area contributed by atoms with Crippen molar-refractivity contribution in [3.63, 3.8) is 0 Å². The predicted octanol–water partition coefficient (Wildman–Crippen LogP) is 3.50. The van der Waals surface area contributed by atoms with E-state index in [1.54, 1.807) is 22.7 Å². The van der Waals surface area contributed by atoms with E-state index >= 15 is 0 Å². The third-order valence-electron chi connectivity index (χ3n) is 2.76. The molecular formula is C13H15N5S2. The molecule has 0 aromatic carbocycles. The van der Waals surface area contributed by atoms with Gasteiger partial charge in [-0.05, 0) is 25.3 Å². The summed E-state index contributed by atoms with van der Waals surface area (Å²) in [6.45, 7) is 5.53. The lowest BCUT2D eigenvalue weighted by molar-refractivity contribution is 1.03. The molecule has 20 heavy (non-hydrogen) atoms. The maximum absolute atomic E-state index is 4.53. The number of hydrogen-bond acceptors (Lipinski definition) is 7. The first-order valence-corrected chi connectivity index (χ1v) is 8.16. The molecule has 0 saturated carbocycles. The van der Waals surface area contributed by atoms with Gasteiger partial charge in [0, 0.05) is 11.9 Å². The zero-order valence-electron chi connectivity index (χ0n) is 11.3. The second-order valence-electron chi connectivity index (χ2n) is 4.28. The Hall–Kier alpha value is -1.73. The topological polar surface area (TPSA) is 62.7 Å². The molecule has 3 aromatic rings. The molecule has 3 aromatic heterocycles. The number of anilines is 2. The monoisotopic (exact) mass is 305 g/mol. The van der Waals surface area contributed by atoms with Crippen LogP contribution in [0.15, 0.2) is 16.8 Å². The Bertz CT molecular complexity index is 718. The van der Waals surface area contributed by atoms with Crippen LogP contribution >= 0.6 is 22.7 Å². The average molecular weight is 305 g/mol. The number of thiazole rings is 1. The van der Waals surface area contributed by atoms with Crippen LogP contribution in [0.5, 0.6) is 0 Å². The van der Waals surface area contributed by atoms with Gasteiger partial charge in [-0.15, -0.1) is 22.7 Å². The number of hydrogen-bond donors (Lipinski definition) is 2. The van der Waals surface area contributed by atoms with Crippen LogP contribution in [0.1, 0.15) is 17.6 Å². The predicted molar refractivity (Wildman–Crippen MR) is 85.8 cm³/mol. The zero-order valence-corrected chi connectivity index (χ0v) is 12.9. The lowest BCUT2D eigenvalue weighted by atomic mass is 10.3. The summed E-state index contributed by atoms with van der Waals surface area (Å²) >= 11 is 3.28. The lowest BCUT2D eigenvalue weighted by Crippen LogP contribution is -2.07. The minimum atomic E-state index is 0.666. The molecule has 0 aliphatic carbocycles. The van der Waals surface area contributed by atoms with Gasteiger partial charge < -0.3 is 10.6 Å². The molecule has 0 bridgehead atoms. The van der Waals surface area contributed by atoms with Crippen LogP contribution in [0.4, 0.5) is 11.8 Å². The van der Waals surface area contributed by atoms with E-state index in [1.807, 2.05) is 25.3 Å². The molecule has 0 aliphatic rings. The maximum atomic E-state index is 4.53. The van der Waals surface area contributed by atoms with E-state index in [0.29, 0.717) is 12.5 Å². The summed E-state index contributed by atoms with van der Waals surface area (Å²) in [4.78, 5) is 14.5. The average Bonchev–Trinajstić information content (AvgIpc) is 3.05. The molecule has 0 unspecified atom stereocenters. The van der Waals surface area contributed by atoms with E-state index in [9.17, 15) is 0 Å². The number of aryl methyl sites for hydroxylation is 1. The fraction of sp³-hybridized carbons (Fsp3) is 0.308. The van der Waals surface area contributed by atoms with Gasteiger partial charge in [0.2, 0.25) is 5.95 Å². The Morgan fingerprint density at radius 1 is 1.15 bits per heavy atom. The highest BCUT2D eigenvalue weighted by atomic mass is 32.1. The van der Waals surface area contributed by atoms with E-state index in [-0.39, 0.29) is 0 Å². The fourth-order valence-corrected chi connectivity index (χ4v) is 3.27. The first kappa shape index (κ1) is 13.3. The van der Waals surface area contributed by atoms with Crippen molar-refractivity contribution in [3.8, 4) is 0 Å². The van der Waals surface area contributed by atoms with Crippen molar-refractivity contribution >= 4 is 44.7 Å². The summed E-state index contributed by atoms with van der Waals surface area (Å²) in [6, 6.07) is 2.05. The molecule has 3 heterocycles. The minimum absolute atomic E-state index is 0.666. The van der Waals surface area contributed by atoms with Crippen molar-refractivity contribution in [1.29, 1.82) is 0 Å². The molecule has 0 radical (unpaired) electrons. The van der Waals surface area contributed by atoms with Crippen molar-refractivity contribution in [2.24, 2.45) is 0 Å². The molecule has 0 atom stereocenters. The summed E-state index contributed by atoms with van der Waals surface area (Å²) in [5.74, 6) is 1.53. The van der Waals surface area contributed by atoms with E-state index in [2.05, 4.69) is 31.0 Å². The standard InChI is InChI=1S/C13H15N5S2/c1-3-14-13-17-11(10-4-5-19-12(10)18-13)15-6-9-7-20-8(2)16-9/h4-5,7H,3,6H2,1-2H3,(H2,14,15,17,18).